The van der Waals surface area contributed by atoms with Crippen molar-refractivity contribution in [1.82, 2.24) is 10.6 Å². The predicted molar refractivity (Wildman–Crippen MR) is 76.8 cm³/mol. The molecule has 7 nitrogen and oxygen atoms in total. The van der Waals surface area contributed by atoms with Gasteiger partial charge in [-0.05, 0) is 40.5 Å². The van der Waals surface area contributed by atoms with Gasteiger partial charge in [-0.25, -0.2) is 4.79 Å². The van der Waals surface area contributed by atoms with Crippen molar-refractivity contribution in [2.75, 3.05) is 13.2 Å². The fourth-order valence-electron chi connectivity index (χ4n) is 1.92. The molecule has 1 aliphatic rings. The molecule has 0 bridgehead atoms. The number of carbonyl (C=O) groups excluding carboxylic acids is 2. The van der Waals surface area contributed by atoms with E-state index >= 15 is 0 Å². The lowest BCUT2D eigenvalue weighted by molar-refractivity contribution is -0.129. The zero-order valence-corrected chi connectivity index (χ0v) is 13.1. The van der Waals surface area contributed by atoms with Gasteiger partial charge < -0.3 is 25.2 Å². The Morgan fingerprint density at radius 3 is 2.52 bits per heavy atom. The standard InChI is InChI=1S/C14H26N2O5/c1-9(17)12(18)15-7-11-6-5-10(8-20-11)16-13(19)21-14(2,3)4/h9-11,17H,5-8H2,1-4H3,(H,15,18)(H,16,19)/t9-,10-,11+/m1/s1. The van der Waals surface area contributed by atoms with Gasteiger partial charge in [-0.15, -0.1) is 0 Å². The molecule has 3 N–H and O–H groups in total. The summed E-state index contributed by atoms with van der Waals surface area (Å²) in [5.74, 6) is -0.410. The van der Waals surface area contributed by atoms with E-state index in [1.165, 1.54) is 6.92 Å². The molecule has 21 heavy (non-hydrogen) atoms. The average Bonchev–Trinajstić information content (AvgIpc) is 2.35. The largest absolute Gasteiger partial charge is 0.444 e. The molecule has 3 atom stereocenters. The van der Waals surface area contributed by atoms with Crippen molar-refractivity contribution < 1.29 is 24.2 Å². The number of carbonyl (C=O) groups is 2. The van der Waals surface area contributed by atoms with Crippen LogP contribution in [0.2, 0.25) is 0 Å². The van der Waals surface area contributed by atoms with Gasteiger partial charge in [0.25, 0.3) is 0 Å². The molecule has 1 fully saturated rings. The Kier molecular flexibility index (Phi) is 6.42. The number of hydrogen-bond donors (Lipinski definition) is 3. The highest BCUT2D eigenvalue weighted by Crippen LogP contribution is 2.14. The first-order chi connectivity index (χ1) is 9.67. The molecule has 0 aromatic rings. The molecule has 0 saturated carbocycles. The number of alkyl carbamates (subject to hydrolysis) is 1. The summed E-state index contributed by atoms with van der Waals surface area (Å²) >= 11 is 0. The van der Waals surface area contributed by atoms with E-state index in [9.17, 15) is 9.59 Å². The summed E-state index contributed by atoms with van der Waals surface area (Å²) in [6.07, 6.45) is -0.0776. The van der Waals surface area contributed by atoms with E-state index in [0.717, 1.165) is 12.8 Å². The van der Waals surface area contributed by atoms with Gasteiger partial charge in [0.2, 0.25) is 5.91 Å². The minimum absolute atomic E-state index is 0.0800. The summed E-state index contributed by atoms with van der Waals surface area (Å²) in [6, 6.07) is -0.0800. The van der Waals surface area contributed by atoms with Crippen LogP contribution in [0.4, 0.5) is 4.79 Å². The number of rotatable bonds is 4. The van der Waals surface area contributed by atoms with Crippen molar-refractivity contribution in [3.63, 3.8) is 0 Å². The summed E-state index contributed by atoms with van der Waals surface area (Å²) in [5.41, 5.74) is -0.520. The van der Waals surface area contributed by atoms with Crippen LogP contribution in [0.5, 0.6) is 0 Å². The summed E-state index contributed by atoms with van der Waals surface area (Å²) in [6.45, 7) is 7.59. The van der Waals surface area contributed by atoms with E-state index in [1.54, 1.807) is 0 Å². The topological polar surface area (TPSA) is 96.9 Å². The van der Waals surface area contributed by atoms with Crippen LogP contribution < -0.4 is 10.6 Å². The van der Waals surface area contributed by atoms with Crippen molar-refractivity contribution in [3.8, 4) is 0 Å². The van der Waals surface area contributed by atoms with Crippen LogP contribution in [0.15, 0.2) is 0 Å². The fourth-order valence-corrected chi connectivity index (χ4v) is 1.92. The van der Waals surface area contributed by atoms with Crippen LogP contribution in [0.1, 0.15) is 40.5 Å². The molecule has 0 aromatic carbocycles. The molecular weight excluding hydrogens is 276 g/mol. The summed E-state index contributed by atoms with van der Waals surface area (Å²) < 4.78 is 10.8. The van der Waals surface area contributed by atoms with E-state index in [-0.39, 0.29) is 12.1 Å². The Labute approximate surface area is 125 Å². The van der Waals surface area contributed by atoms with E-state index in [1.807, 2.05) is 20.8 Å². The second kappa shape index (κ2) is 7.61. The zero-order valence-electron chi connectivity index (χ0n) is 13.1. The van der Waals surface area contributed by atoms with Gasteiger partial charge in [0.1, 0.15) is 11.7 Å². The highest BCUT2D eigenvalue weighted by atomic mass is 16.6. The van der Waals surface area contributed by atoms with Crippen molar-refractivity contribution in [2.24, 2.45) is 0 Å². The number of aliphatic hydroxyl groups excluding tert-OH is 1. The first-order valence-electron chi connectivity index (χ1n) is 7.24. The molecule has 7 heteroatoms. The van der Waals surface area contributed by atoms with Gasteiger partial charge in [0, 0.05) is 6.54 Å². The number of nitrogens with one attached hydrogen (secondary N) is 2. The Morgan fingerprint density at radius 2 is 2.05 bits per heavy atom. The Balaban J connectivity index is 2.23. The molecule has 0 aliphatic carbocycles. The maximum absolute atomic E-state index is 11.6. The first kappa shape index (κ1) is 17.7. The number of ether oxygens (including phenoxy) is 2. The van der Waals surface area contributed by atoms with Crippen LogP contribution in [0.3, 0.4) is 0 Å². The third-order valence-corrected chi connectivity index (χ3v) is 2.97. The normalized spacial score (nSPS) is 24.0. The van der Waals surface area contributed by atoms with Crippen molar-refractivity contribution in [1.29, 1.82) is 0 Å². The molecular formula is C14H26N2O5. The van der Waals surface area contributed by atoms with Crippen molar-refractivity contribution >= 4 is 12.0 Å². The number of amides is 2. The first-order valence-corrected chi connectivity index (χ1v) is 7.24. The third-order valence-electron chi connectivity index (χ3n) is 2.97. The van der Waals surface area contributed by atoms with Crippen LogP contribution in [0, 0.1) is 0 Å². The lowest BCUT2D eigenvalue weighted by Crippen LogP contribution is -2.47. The Morgan fingerprint density at radius 1 is 1.38 bits per heavy atom. The lowest BCUT2D eigenvalue weighted by Gasteiger charge is -2.30. The second-order valence-corrected chi connectivity index (χ2v) is 6.30. The molecule has 0 aromatic heterocycles. The summed E-state index contributed by atoms with van der Waals surface area (Å²) in [5, 5.41) is 14.4. The summed E-state index contributed by atoms with van der Waals surface area (Å²) in [4.78, 5) is 22.9. The number of hydrogen-bond acceptors (Lipinski definition) is 5. The van der Waals surface area contributed by atoms with Gasteiger partial charge in [0.15, 0.2) is 0 Å². The summed E-state index contributed by atoms with van der Waals surface area (Å²) in [7, 11) is 0. The van der Waals surface area contributed by atoms with Crippen molar-refractivity contribution in [3.05, 3.63) is 0 Å². The molecule has 2 amide bonds. The third kappa shape index (κ3) is 7.29. The fraction of sp³-hybridized carbons (Fsp3) is 0.857. The number of aliphatic hydroxyl groups is 1. The Hall–Kier alpha value is -1.34. The van der Waals surface area contributed by atoms with E-state index in [0.29, 0.717) is 13.2 Å². The maximum atomic E-state index is 11.6. The van der Waals surface area contributed by atoms with Gasteiger partial charge in [0.05, 0.1) is 18.8 Å². The minimum atomic E-state index is -1.02. The van der Waals surface area contributed by atoms with Crippen LogP contribution >= 0.6 is 0 Å². The Bertz CT molecular complexity index is 357. The van der Waals surface area contributed by atoms with Gasteiger partial charge in [-0.2, -0.15) is 0 Å². The highest BCUT2D eigenvalue weighted by molar-refractivity contribution is 5.79. The van der Waals surface area contributed by atoms with E-state index in [2.05, 4.69) is 10.6 Å². The van der Waals surface area contributed by atoms with Crippen molar-refractivity contribution in [2.45, 2.75) is 64.4 Å². The second-order valence-electron chi connectivity index (χ2n) is 6.30. The van der Waals surface area contributed by atoms with Gasteiger partial charge in [-0.3, -0.25) is 4.79 Å². The lowest BCUT2D eigenvalue weighted by atomic mass is 10.1. The van der Waals surface area contributed by atoms with Crippen LogP contribution in [-0.2, 0) is 14.3 Å². The maximum Gasteiger partial charge on any atom is 0.407 e. The monoisotopic (exact) mass is 302 g/mol. The minimum Gasteiger partial charge on any atom is -0.444 e. The molecule has 0 radical (unpaired) electrons. The SMILES string of the molecule is C[C@@H](O)C(=O)NC[C@@H]1CC[C@@H](NC(=O)OC(C)(C)C)CO1. The molecule has 1 aliphatic heterocycles. The van der Waals surface area contributed by atoms with Crippen LogP contribution in [0.25, 0.3) is 0 Å². The molecule has 0 spiro atoms. The highest BCUT2D eigenvalue weighted by Gasteiger charge is 2.25. The molecule has 1 rings (SSSR count). The quantitative estimate of drug-likeness (QED) is 0.705. The van der Waals surface area contributed by atoms with E-state index < -0.39 is 23.7 Å². The molecule has 122 valence electrons. The predicted octanol–water partition coefficient (Wildman–Crippen LogP) is 0.556. The molecule has 1 saturated heterocycles. The average molecular weight is 302 g/mol. The van der Waals surface area contributed by atoms with Gasteiger partial charge >= 0.3 is 6.09 Å². The molecule has 0 unspecified atom stereocenters. The smallest absolute Gasteiger partial charge is 0.407 e. The van der Waals surface area contributed by atoms with E-state index in [4.69, 9.17) is 14.6 Å². The van der Waals surface area contributed by atoms with Gasteiger partial charge in [-0.1, -0.05) is 0 Å². The zero-order chi connectivity index (χ0) is 16.0. The molecule has 1 heterocycles. The van der Waals surface area contributed by atoms with Crippen LogP contribution in [-0.4, -0.2) is 54.1 Å².